The molecule has 3 aromatic rings. The quantitative estimate of drug-likeness (QED) is 0.604. The summed E-state index contributed by atoms with van der Waals surface area (Å²) < 4.78 is 10.8. The average molecular weight is 406 g/mol. The van der Waals surface area contributed by atoms with Gasteiger partial charge in [-0.05, 0) is 46.9 Å². The molecule has 0 bridgehead atoms. The molecule has 0 unspecified atom stereocenters. The lowest BCUT2D eigenvalue weighted by atomic mass is 9.86. The fourth-order valence-corrected chi connectivity index (χ4v) is 2.91. The predicted molar refractivity (Wildman–Crippen MR) is 116 cm³/mol. The number of para-hydroxylation sites is 1. The summed E-state index contributed by atoms with van der Waals surface area (Å²) in [6, 6.07) is 18.2. The summed E-state index contributed by atoms with van der Waals surface area (Å²) in [5.41, 5.74) is 2.55. The first-order chi connectivity index (χ1) is 14.3. The van der Waals surface area contributed by atoms with Gasteiger partial charge in [0, 0.05) is 12.2 Å². The number of anilines is 1. The van der Waals surface area contributed by atoms with Crippen molar-refractivity contribution in [3.63, 3.8) is 0 Å². The average Bonchev–Trinajstić information content (AvgIpc) is 3.26. The van der Waals surface area contributed by atoms with E-state index in [1.54, 1.807) is 24.3 Å². The molecular formula is C24H26N2O4. The van der Waals surface area contributed by atoms with Crippen molar-refractivity contribution in [1.29, 1.82) is 0 Å². The second-order valence-corrected chi connectivity index (χ2v) is 7.94. The Morgan fingerprint density at radius 3 is 2.37 bits per heavy atom. The van der Waals surface area contributed by atoms with Crippen LogP contribution >= 0.6 is 0 Å². The van der Waals surface area contributed by atoms with Crippen LogP contribution in [0.3, 0.4) is 0 Å². The van der Waals surface area contributed by atoms with Crippen LogP contribution in [0, 0.1) is 0 Å². The molecule has 1 heterocycles. The predicted octanol–water partition coefficient (Wildman–Crippen LogP) is 4.52. The molecule has 0 fully saturated rings. The minimum absolute atomic E-state index is 0.0512. The molecule has 6 nitrogen and oxygen atoms in total. The van der Waals surface area contributed by atoms with Crippen LogP contribution in [0.2, 0.25) is 0 Å². The van der Waals surface area contributed by atoms with Crippen LogP contribution in [0.4, 0.5) is 5.69 Å². The molecule has 2 N–H and O–H groups in total. The summed E-state index contributed by atoms with van der Waals surface area (Å²) in [4.78, 5) is 24.2. The minimum Gasteiger partial charge on any atom is -0.483 e. The smallest absolute Gasteiger partial charge is 0.291 e. The Morgan fingerprint density at radius 1 is 0.967 bits per heavy atom. The Labute approximate surface area is 176 Å². The van der Waals surface area contributed by atoms with Gasteiger partial charge in [-0.1, -0.05) is 51.1 Å². The molecule has 0 radical (unpaired) electrons. The second-order valence-electron chi connectivity index (χ2n) is 7.94. The Morgan fingerprint density at radius 2 is 1.70 bits per heavy atom. The summed E-state index contributed by atoms with van der Waals surface area (Å²) in [7, 11) is 0. The van der Waals surface area contributed by atoms with Gasteiger partial charge in [0.05, 0.1) is 6.26 Å². The van der Waals surface area contributed by atoms with E-state index in [0.717, 1.165) is 16.9 Å². The summed E-state index contributed by atoms with van der Waals surface area (Å²) in [6.45, 7) is 6.64. The molecule has 0 aliphatic heterocycles. The van der Waals surface area contributed by atoms with Crippen LogP contribution in [0.1, 0.15) is 42.5 Å². The van der Waals surface area contributed by atoms with Crippen LogP contribution < -0.4 is 15.4 Å². The molecule has 0 saturated carbocycles. The third-order valence-electron chi connectivity index (χ3n) is 4.50. The molecule has 6 heteroatoms. The van der Waals surface area contributed by atoms with E-state index in [2.05, 4.69) is 31.4 Å². The number of carbonyl (C=O) groups excluding carboxylic acids is 2. The molecule has 0 spiro atoms. The Balaban J connectivity index is 1.48. The Kier molecular flexibility index (Phi) is 6.57. The highest BCUT2D eigenvalue weighted by atomic mass is 16.5. The first-order valence-corrected chi connectivity index (χ1v) is 9.76. The van der Waals surface area contributed by atoms with E-state index in [1.165, 1.54) is 6.26 Å². The van der Waals surface area contributed by atoms with Gasteiger partial charge in [-0.3, -0.25) is 9.59 Å². The lowest BCUT2D eigenvalue weighted by Crippen LogP contribution is -2.29. The number of hydrogen-bond donors (Lipinski definition) is 2. The van der Waals surface area contributed by atoms with Gasteiger partial charge in [0.15, 0.2) is 12.4 Å². The van der Waals surface area contributed by atoms with Crippen molar-refractivity contribution in [1.82, 2.24) is 5.32 Å². The van der Waals surface area contributed by atoms with Crippen molar-refractivity contribution in [3.05, 3.63) is 83.8 Å². The summed E-state index contributed by atoms with van der Waals surface area (Å²) in [5.74, 6) is 0.457. The van der Waals surface area contributed by atoms with Crippen LogP contribution in [-0.2, 0) is 16.8 Å². The Bertz CT molecular complexity index is 987. The largest absolute Gasteiger partial charge is 0.483 e. The number of hydrogen-bond acceptors (Lipinski definition) is 4. The van der Waals surface area contributed by atoms with Crippen molar-refractivity contribution in [2.75, 3.05) is 11.9 Å². The van der Waals surface area contributed by atoms with E-state index in [-0.39, 0.29) is 29.6 Å². The molecule has 0 saturated heterocycles. The van der Waals surface area contributed by atoms with Crippen molar-refractivity contribution >= 4 is 17.5 Å². The highest BCUT2D eigenvalue weighted by Gasteiger charge is 2.18. The number of carbonyl (C=O) groups is 2. The van der Waals surface area contributed by atoms with Crippen molar-refractivity contribution in [2.24, 2.45) is 0 Å². The second kappa shape index (κ2) is 9.31. The molecule has 2 aromatic carbocycles. The van der Waals surface area contributed by atoms with Crippen LogP contribution in [-0.4, -0.2) is 18.4 Å². The van der Waals surface area contributed by atoms with Crippen LogP contribution in [0.5, 0.6) is 5.75 Å². The number of ether oxygens (including phenoxy) is 1. The monoisotopic (exact) mass is 406 g/mol. The van der Waals surface area contributed by atoms with Gasteiger partial charge in [0.1, 0.15) is 5.75 Å². The van der Waals surface area contributed by atoms with Gasteiger partial charge < -0.3 is 19.8 Å². The normalized spacial score (nSPS) is 11.0. The number of amides is 2. The fourth-order valence-electron chi connectivity index (χ4n) is 2.91. The van der Waals surface area contributed by atoms with E-state index in [4.69, 9.17) is 9.15 Å². The summed E-state index contributed by atoms with van der Waals surface area (Å²) in [6.07, 6.45) is 1.45. The lowest BCUT2D eigenvalue weighted by Gasteiger charge is -2.22. The molecule has 2 amide bonds. The number of rotatable bonds is 7. The maximum atomic E-state index is 12.2. The topological polar surface area (TPSA) is 80.6 Å². The van der Waals surface area contributed by atoms with E-state index in [9.17, 15) is 9.59 Å². The maximum Gasteiger partial charge on any atom is 0.291 e. The third kappa shape index (κ3) is 5.73. The molecular weight excluding hydrogens is 380 g/mol. The van der Waals surface area contributed by atoms with E-state index in [0.29, 0.717) is 12.2 Å². The summed E-state index contributed by atoms with van der Waals surface area (Å²) >= 11 is 0. The zero-order chi connectivity index (χ0) is 21.6. The zero-order valence-corrected chi connectivity index (χ0v) is 17.4. The van der Waals surface area contributed by atoms with E-state index >= 15 is 0 Å². The van der Waals surface area contributed by atoms with Crippen molar-refractivity contribution in [3.8, 4) is 5.75 Å². The molecule has 156 valence electrons. The fraction of sp³-hybridized carbons (Fsp3) is 0.250. The highest BCUT2D eigenvalue weighted by Crippen LogP contribution is 2.30. The molecule has 0 aliphatic rings. The summed E-state index contributed by atoms with van der Waals surface area (Å²) in [5, 5.41) is 5.60. The Hall–Kier alpha value is -3.54. The molecule has 1 aromatic heterocycles. The van der Waals surface area contributed by atoms with Crippen molar-refractivity contribution < 1.29 is 18.7 Å². The molecule has 0 atom stereocenters. The molecule has 30 heavy (non-hydrogen) atoms. The number of nitrogens with one attached hydrogen (secondary N) is 2. The van der Waals surface area contributed by atoms with Gasteiger partial charge in [0.25, 0.3) is 11.8 Å². The zero-order valence-electron chi connectivity index (χ0n) is 17.4. The van der Waals surface area contributed by atoms with Crippen LogP contribution in [0.15, 0.2) is 71.3 Å². The van der Waals surface area contributed by atoms with E-state index in [1.807, 2.05) is 36.4 Å². The first-order valence-electron chi connectivity index (χ1n) is 9.76. The number of furan rings is 1. The van der Waals surface area contributed by atoms with Gasteiger partial charge in [-0.2, -0.15) is 0 Å². The van der Waals surface area contributed by atoms with Gasteiger partial charge in [-0.25, -0.2) is 0 Å². The van der Waals surface area contributed by atoms with Crippen LogP contribution in [0.25, 0.3) is 0 Å². The van der Waals surface area contributed by atoms with Gasteiger partial charge in [-0.15, -0.1) is 0 Å². The number of benzene rings is 2. The highest BCUT2D eigenvalue weighted by molar-refractivity contribution is 6.02. The molecule has 0 aliphatic carbocycles. The van der Waals surface area contributed by atoms with Crippen molar-refractivity contribution in [2.45, 2.75) is 32.7 Å². The van der Waals surface area contributed by atoms with Gasteiger partial charge in [0.2, 0.25) is 0 Å². The SMILES string of the molecule is CC(C)(C)c1ccccc1OCC(=O)NCc1ccc(NC(=O)c2ccco2)cc1. The minimum atomic E-state index is -0.311. The first kappa shape index (κ1) is 21.2. The third-order valence-corrected chi connectivity index (χ3v) is 4.50. The maximum absolute atomic E-state index is 12.2. The van der Waals surface area contributed by atoms with Gasteiger partial charge >= 0.3 is 0 Å². The van der Waals surface area contributed by atoms with E-state index < -0.39 is 0 Å². The molecule has 3 rings (SSSR count). The standard InChI is InChI=1S/C24H26N2O4/c1-24(2,3)19-7-4-5-8-20(19)30-16-22(27)25-15-17-10-12-18(13-11-17)26-23(28)21-9-6-14-29-21/h4-14H,15-16H2,1-3H3,(H,25,27)(H,26,28). The lowest BCUT2D eigenvalue weighted by molar-refractivity contribution is -0.123.